The molecule has 0 radical (unpaired) electrons. The van der Waals surface area contributed by atoms with E-state index in [1.807, 2.05) is 0 Å². The zero-order valence-corrected chi connectivity index (χ0v) is 11.6. The van der Waals surface area contributed by atoms with Crippen LogP contribution in [-0.4, -0.2) is 18.0 Å². The number of nitrogen functional groups attached to an aromatic ring is 1. The molecular weight excluding hydrogens is 280 g/mol. The number of nitrogens with two attached hydrogens (primary N) is 1. The number of rotatable bonds is 4. The number of sulfonamides is 1. The van der Waals surface area contributed by atoms with Crippen LogP contribution in [0.2, 0.25) is 0 Å². The molecule has 0 spiro atoms. The summed E-state index contributed by atoms with van der Waals surface area (Å²) in [5.74, 6) is -0.0171. The molecule has 7 nitrogen and oxygen atoms in total. The third-order valence-corrected chi connectivity index (χ3v) is 4.01. The van der Waals surface area contributed by atoms with Gasteiger partial charge in [-0.15, -0.1) is 0 Å². The Morgan fingerprint density at radius 1 is 1.25 bits per heavy atom. The molecule has 1 aromatic carbocycles. The second-order valence-electron chi connectivity index (χ2n) is 4.06. The van der Waals surface area contributed by atoms with E-state index in [9.17, 15) is 13.2 Å². The molecule has 1 aromatic heterocycles. The molecule has 0 saturated heterocycles. The summed E-state index contributed by atoms with van der Waals surface area (Å²) < 4.78 is 27.8. The molecule has 0 saturated carbocycles. The van der Waals surface area contributed by atoms with Gasteiger partial charge in [0.25, 0.3) is 10.0 Å². The first-order valence-corrected chi connectivity index (χ1v) is 7.36. The third-order valence-electron chi connectivity index (χ3n) is 2.64. The minimum Gasteiger partial charge on any atom is -0.399 e. The Labute approximate surface area is 116 Å². The molecule has 0 aliphatic carbocycles. The van der Waals surface area contributed by atoms with Crippen molar-refractivity contribution in [2.24, 2.45) is 0 Å². The van der Waals surface area contributed by atoms with Crippen molar-refractivity contribution >= 4 is 21.5 Å². The number of hydrogen-bond acceptors (Lipinski definition) is 5. The molecule has 1 heterocycles. The fourth-order valence-electron chi connectivity index (χ4n) is 1.57. The molecule has 8 heteroatoms. The van der Waals surface area contributed by atoms with E-state index in [1.165, 1.54) is 41.1 Å². The molecule has 2 aromatic rings. The Hall–Kier alpha value is -2.35. The second-order valence-corrected chi connectivity index (χ2v) is 5.74. The number of nitrogens with one attached hydrogen (secondary N) is 1. The van der Waals surface area contributed by atoms with Gasteiger partial charge < -0.3 is 5.73 Å². The molecule has 2 rings (SSSR count). The van der Waals surface area contributed by atoms with Gasteiger partial charge in [0.2, 0.25) is 0 Å². The molecule has 0 unspecified atom stereocenters. The fourth-order valence-corrected chi connectivity index (χ4v) is 2.57. The molecule has 0 aliphatic rings. The lowest BCUT2D eigenvalue weighted by Crippen LogP contribution is -2.24. The zero-order chi connectivity index (χ0) is 14.8. The molecule has 20 heavy (non-hydrogen) atoms. The Bertz CT molecular complexity index is 766. The van der Waals surface area contributed by atoms with Crippen molar-refractivity contribution in [2.75, 3.05) is 10.5 Å². The van der Waals surface area contributed by atoms with Crippen LogP contribution >= 0.6 is 0 Å². The van der Waals surface area contributed by atoms with Crippen LogP contribution in [0, 0.1) is 0 Å². The smallest absolute Gasteiger partial charge is 0.349 e. The van der Waals surface area contributed by atoms with Crippen molar-refractivity contribution in [3.8, 4) is 0 Å². The largest absolute Gasteiger partial charge is 0.399 e. The summed E-state index contributed by atoms with van der Waals surface area (Å²) in [6, 6.07) is 7.16. The molecule has 0 fully saturated rings. The van der Waals surface area contributed by atoms with E-state index >= 15 is 0 Å². The van der Waals surface area contributed by atoms with Crippen molar-refractivity contribution in [3.63, 3.8) is 0 Å². The molecule has 106 valence electrons. The predicted octanol–water partition coefficient (Wildman–Crippen LogP) is 0.646. The van der Waals surface area contributed by atoms with Gasteiger partial charge in [0.05, 0.1) is 4.90 Å². The lowest BCUT2D eigenvalue weighted by Gasteiger charge is -2.08. The van der Waals surface area contributed by atoms with Gasteiger partial charge in [0, 0.05) is 18.4 Å². The maximum atomic E-state index is 12.1. The summed E-state index contributed by atoms with van der Waals surface area (Å²) in [6.45, 7) is 2.26. The van der Waals surface area contributed by atoms with Crippen molar-refractivity contribution in [3.05, 3.63) is 47.0 Å². The van der Waals surface area contributed by atoms with Crippen LogP contribution in [0.15, 0.2) is 46.2 Å². The normalized spacial score (nSPS) is 11.2. The van der Waals surface area contributed by atoms with Gasteiger partial charge in [-0.3, -0.25) is 9.29 Å². The second kappa shape index (κ2) is 5.33. The van der Waals surface area contributed by atoms with Gasteiger partial charge in [0.1, 0.15) is 5.82 Å². The van der Waals surface area contributed by atoms with E-state index in [1.54, 1.807) is 6.92 Å². The van der Waals surface area contributed by atoms with Crippen molar-refractivity contribution in [1.82, 2.24) is 9.55 Å². The van der Waals surface area contributed by atoms with Crippen LogP contribution in [0.1, 0.15) is 6.92 Å². The van der Waals surface area contributed by atoms with Gasteiger partial charge in [-0.2, -0.15) is 4.98 Å². The molecule has 0 amide bonds. The standard InChI is InChI=1S/C12H14N4O3S/c1-2-16-8-7-11(14-12(16)17)15-20(18,19)10-5-3-9(13)4-6-10/h3-8H,2,13H2,1H3,(H,14,15,17). The molecular formula is C12H14N4O3S. The van der Waals surface area contributed by atoms with E-state index < -0.39 is 15.7 Å². The maximum absolute atomic E-state index is 12.1. The fraction of sp³-hybridized carbons (Fsp3) is 0.167. The van der Waals surface area contributed by atoms with E-state index in [0.717, 1.165) is 0 Å². The summed E-state index contributed by atoms with van der Waals surface area (Å²) in [7, 11) is -3.78. The number of aryl methyl sites for hydroxylation is 1. The van der Waals surface area contributed by atoms with Gasteiger partial charge in [-0.05, 0) is 37.3 Å². The van der Waals surface area contributed by atoms with Crippen LogP contribution < -0.4 is 16.1 Å². The third kappa shape index (κ3) is 2.97. The highest BCUT2D eigenvalue weighted by molar-refractivity contribution is 7.92. The Morgan fingerprint density at radius 3 is 2.45 bits per heavy atom. The zero-order valence-electron chi connectivity index (χ0n) is 10.8. The predicted molar refractivity (Wildman–Crippen MR) is 75.8 cm³/mol. The summed E-state index contributed by atoms with van der Waals surface area (Å²) in [4.78, 5) is 15.3. The molecule has 0 atom stereocenters. The monoisotopic (exact) mass is 294 g/mol. The lowest BCUT2D eigenvalue weighted by molar-refractivity contribution is 0.601. The molecule has 3 N–H and O–H groups in total. The Kier molecular flexibility index (Phi) is 3.75. The minimum atomic E-state index is -3.78. The number of aromatic nitrogens is 2. The summed E-state index contributed by atoms with van der Waals surface area (Å²) in [5, 5.41) is 0. The highest BCUT2D eigenvalue weighted by atomic mass is 32.2. The highest BCUT2D eigenvalue weighted by Gasteiger charge is 2.14. The van der Waals surface area contributed by atoms with Crippen molar-refractivity contribution in [2.45, 2.75) is 18.4 Å². The quantitative estimate of drug-likeness (QED) is 0.805. The van der Waals surface area contributed by atoms with Gasteiger partial charge in [-0.25, -0.2) is 13.2 Å². The van der Waals surface area contributed by atoms with E-state index in [-0.39, 0.29) is 10.7 Å². The average Bonchev–Trinajstić information content (AvgIpc) is 2.39. The molecule has 0 bridgehead atoms. The topological polar surface area (TPSA) is 107 Å². The average molecular weight is 294 g/mol. The van der Waals surface area contributed by atoms with Gasteiger partial charge >= 0.3 is 5.69 Å². The van der Waals surface area contributed by atoms with Gasteiger partial charge in [-0.1, -0.05) is 0 Å². The van der Waals surface area contributed by atoms with Gasteiger partial charge in [0.15, 0.2) is 0 Å². The van der Waals surface area contributed by atoms with Crippen LogP contribution in [-0.2, 0) is 16.6 Å². The Balaban J connectivity index is 2.31. The summed E-state index contributed by atoms with van der Waals surface area (Å²) in [6.07, 6.45) is 1.48. The maximum Gasteiger partial charge on any atom is 0.349 e. The number of hydrogen-bond donors (Lipinski definition) is 2. The lowest BCUT2D eigenvalue weighted by atomic mass is 10.3. The van der Waals surface area contributed by atoms with Crippen LogP contribution in [0.4, 0.5) is 11.5 Å². The van der Waals surface area contributed by atoms with E-state index in [0.29, 0.717) is 12.2 Å². The Morgan fingerprint density at radius 2 is 1.90 bits per heavy atom. The number of benzene rings is 1. The first-order chi connectivity index (χ1) is 9.42. The summed E-state index contributed by atoms with van der Waals surface area (Å²) in [5.41, 5.74) is 5.46. The van der Waals surface area contributed by atoms with Crippen molar-refractivity contribution in [1.29, 1.82) is 0 Å². The van der Waals surface area contributed by atoms with Crippen LogP contribution in [0.25, 0.3) is 0 Å². The van der Waals surface area contributed by atoms with Crippen molar-refractivity contribution < 1.29 is 8.42 Å². The first-order valence-electron chi connectivity index (χ1n) is 5.88. The highest BCUT2D eigenvalue weighted by Crippen LogP contribution is 2.14. The first kappa shape index (κ1) is 14.1. The minimum absolute atomic E-state index is 0.0171. The van der Waals surface area contributed by atoms with E-state index in [4.69, 9.17) is 5.73 Å². The molecule has 0 aliphatic heterocycles. The van der Waals surface area contributed by atoms with Crippen LogP contribution in [0.3, 0.4) is 0 Å². The van der Waals surface area contributed by atoms with E-state index in [2.05, 4.69) is 9.71 Å². The van der Waals surface area contributed by atoms with Crippen LogP contribution in [0.5, 0.6) is 0 Å². The number of anilines is 2. The SMILES string of the molecule is CCn1ccc(NS(=O)(=O)c2ccc(N)cc2)nc1=O. The summed E-state index contributed by atoms with van der Waals surface area (Å²) >= 11 is 0. The number of nitrogens with zero attached hydrogens (tertiary/aromatic N) is 2.